The molecule has 6 nitrogen and oxygen atoms in total. The van der Waals surface area contributed by atoms with Gasteiger partial charge in [-0.1, -0.05) is 0 Å². The molecule has 0 amide bonds. The molecule has 0 bridgehead atoms. The number of hydrogen-bond donors (Lipinski definition) is 2. The maximum absolute atomic E-state index is 5.35. The normalized spacial score (nSPS) is 16.2. The van der Waals surface area contributed by atoms with E-state index in [1.807, 2.05) is 6.20 Å². The summed E-state index contributed by atoms with van der Waals surface area (Å²) in [6, 6.07) is 0. The Morgan fingerprint density at radius 1 is 1.41 bits per heavy atom. The van der Waals surface area contributed by atoms with Crippen LogP contribution in [0.2, 0.25) is 0 Å². The Balaban J connectivity index is 0.00000242. The highest BCUT2D eigenvalue weighted by Gasteiger charge is 2.09. The third-order valence-electron chi connectivity index (χ3n) is 3.21. The van der Waals surface area contributed by atoms with E-state index in [2.05, 4.69) is 39.4 Å². The summed E-state index contributed by atoms with van der Waals surface area (Å²) in [5.41, 5.74) is 0. The summed E-state index contributed by atoms with van der Waals surface area (Å²) >= 11 is 1.70. The number of aliphatic imine (C=N–C) groups is 1. The number of aryl methyl sites for hydroxylation is 1. The van der Waals surface area contributed by atoms with Crippen LogP contribution in [0.4, 0.5) is 0 Å². The van der Waals surface area contributed by atoms with Gasteiger partial charge in [0.25, 0.3) is 0 Å². The van der Waals surface area contributed by atoms with Crippen molar-refractivity contribution in [3.63, 3.8) is 0 Å². The molecule has 0 saturated carbocycles. The van der Waals surface area contributed by atoms with Crippen molar-refractivity contribution >= 4 is 41.3 Å². The Morgan fingerprint density at radius 3 is 2.82 bits per heavy atom. The molecule has 0 aliphatic carbocycles. The third kappa shape index (κ3) is 7.21. The van der Waals surface area contributed by atoms with Crippen LogP contribution in [-0.2, 0) is 11.3 Å². The molecule has 2 heterocycles. The quantitative estimate of drug-likeness (QED) is 0.399. The fourth-order valence-corrected chi connectivity index (χ4v) is 2.83. The maximum atomic E-state index is 5.35. The highest BCUT2D eigenvalue weighted by atomic mass is 127. The third-order valence-corrected chi connectivity index (χ3v) is 4.11. The van der Waals surface area contributed by atoms with Crippen LogP contribution < -0.4 is 10.6 Å². The van der Waals surface area contributed by atoms with Crippen molar-refractivity contribution in [2.24, 2.45) is 4.99 Å². The number of guanidine groups is 1. The number of halogens is 1. The topological polar surface area (TPSA) is 61.8 Å². The highest BCUT2D eigenvalue weighted by Crippen LogP contribution is 2.11. The summed E-state index contributed by atoms with van der Waals surface area (Å²) in [7, 11) is 0. The second-order valence-corrected chi connectivity index (χ2v) is 6.26. The lowest BCUT2D eigenvalue weighted by Crippen LogP contribution is -2.44. The van der Waals surface area contributed by atoms with Gasteiger partial charge >= 0.3 is 0 Å². The van der Waals surface area contributed by atoms with Gasteiger partial charge in [0.15, 0.2) is 5.96 Å². The Labute approximate surface area is 153 Å². The second kappa shape index (κ2) is 11.1. The summed E-state index contributed by atoms with van der Waals surface area (Å²) in [6.45, 7) is 11.3. The Kier molecular flexibility index (Phi) is 9.92. The minimum absolute atomic E-state index is 0. The molecule has 0 aromatic carbocycles. The lowest BCUT2D eigenvalue weighted by Gasteiger charge is -2.26. The zero-order valence-corrected chi connectivity index (χ0v) is 16.4. The summed E-state index contributed by atoms with van der Waals surface area (Å²) in [5.74, 6) is 0.860. The van der Waals surface area contributed by atoms with Gasteiger partial charge in [-0.25, -0.2) is 9.98 Å². The first-order valence-electron chi connectivity index (χ1n) is 7.51. The molecule has 1 fully saturated rings. The van der Waals surface area contributed by atoms with Crippen molar-refractivity contribution < 1.29 is 4.74 Å². The molecule has 1 aliphatic heterocycles. The second-order valence-electron chi connectivity index (χ2n) is 4.94. The van der Waals surface area contributed by atoms with Gasteiger partial charge in [-0.2, -0.15) is 0 Å². The van der Waals surface area contributed by atoms with E-state index in [9.17, 15) is 0 Å². The van der Waals surface area contributed by atoms with Gasteiger partial charge in [-0.15, -0.1) is 35.3 Å². The van der Waals surface area contributed by atoms with Crippen LogP contribution in [-0.4, -0.2) is 61.8 Å². The molecule has 0 atom stereocenters. The van der Waals surface area contributed by atoms with Crippen LogP contribution >= 0.6 is 35.3 Å². The van der Waals surface area contributed by atoms with E-state index in [1.54, 1.807) is 11.3 Å². The molecule has 8 heteroatoms. The monoisotopic (exact) mass is 439 g/mol. The maximum Gasteiger partial charge on any atom is 0.191 e. The predicted octanol–water partition coefficient (Wildman–Crippen LogP) is 1.46. The Bertz CT molecular complexity index is 448. The van der Waals surface area contributed by atoms with Gasteiger partial charge in [0.05, 0.1) is 19.8 Å². The van der Waals surface area contributed by atoms with Gasteiger partial charge in [-0.05, 0) is 13.8 Å². The van der Waals surface area contributed by atoms with E-state index < -0.39 is 0 Å². The first kappa shape index (κ1) is 19.6. The van der Waals surface area contributed by atoms with E-state index in [-0.39, 0.29) is 24.0 Å². The van der Waals surface area contributed by atoms with Crippen molar-refractivity contribution in [3.05, 3.63) is 16.1 Å². The van der Waals surface area contributed by atoms with Gasteiger partial charge < -0.3 is 15.4 Å². The molecule has 2 rings (SSSR count). The van der Waals surface area contributed by atoms with Crippen molar-refractivity contribution in [2.75, 3.05) is 45.9 Å². The average Bonchev–Trinajstić information content (AvgIpc) is 2.91. The van der Waals surface area contributed by atoms with Crippen molar-refractivity contribution in [1.82, 2.24) is 20.5 Å². The molecule has 1 aromatic rings. The molecule has 0 unspecified atom stereocenters. The number of aromatic nitrogens is 1. The minimum atomic E-state index is 0. The molecule has 0 radical (unpaired) electrons. The molecule has 1 aromatic heterocycles. The summed E-state index contributed by atoms with van der Waals surface area (Å²) in [4.78, 5) is 12.5. The summed E-state index contributed by atoms with van der Waals surface area (Å²) < 4.78 is 5.35. The minimum Gasteiger partial charge on any atom is -0.379 e. The highest BCUT2D eigenvalue weighted by molar-refractivity contribution is 14.0. The molecule has 2 N–H and O–H groups in total. The molecule has 22 heavy (non-hydrogen) atoms. The van der Waals surface area contributed by atoms with Crippen LogP contribution in [0.1, 0.15) is 16.8 Å². The van der Waals surface area contributed by atoms with E-state index >= 15 is 0 Å². The smallest absolute Gasteiger partial charge is 0.191 e. The fraction of sp³-hybridized carbons (Fsp3) is 0.714. The molecular formula is C14H26IN5OS. The first-order chi connectivity index (χ1) is 10.3. The SMILES string of the molecule is CCNC(=NCc1ncc(C)s1)NCCN1CCOCC1.I. The lowest BCUT2D eigenvalue weighted by atomic mass is 10.4. The number of rotatable bonds is 6. The van der Waals surface area contributed by atoms with Crippen molar-refractivity contribution in [3.8, 4) is 0 Å². The molecule has 126 valence electrons. The van der Waals surface area contributed by atoms with Crippen molar-refractivity contribution in [2.45, 2.75) is 20.4 Å². The number of hydrogen-bond acceptors (Lipinski definition) is 5. The van der Waals surface area contributed by atoms with Gasteiger partial charge in [0.2, 0.25) is 0 Å². The number of nitrogens with zero attached hydrogens (tertiary/aromatic N) is 3. The van der Waals surface area contributed by atoms with E-state index in [0.717, 1.165) is 56.9 Å². The number of nitrogens with one attached hydrogen (secondary N) is 2. The summed E-state index contributed by atoms with van der Waals surface area (Å²) in [6.07, 6.45) is 1.90. The lowest BCUT2D eigenvalue weighted by molar-refractivity contribution is 0.0389. The number of morpholine rings is 1. The van der Waals surface area contributed by atoms with Crippen LogP contribution in [0.5, 0.6) is 0 Å². The van der Waals surface area contributed by atoms with E-state index in [0.29, 0.717) is 6.54 Å². The van der Waals surface area contributed by atoms with Crippen LogP contribution in [0.15, 0.2) is 11.2 Å². The largest absolute Gasteiger partial charge is 0.379 e. The number of thiazole rings is 1. The molecular weight excluding hydrogens is 413 g/mol. The van der Waals surface area contributed by atoms with Crippen LogP contribution in [0, 0.1) is 6.92 Å². The van der Waals surface area contributed by atoms with Gasteiger partial charge in [0, 0.05) is 43.8 Å². The van der Waals surface area contributed by atoms with Crippen molar-refractivity contribution in [1.29, 1.82) is 0 Å². The summed E-state index contributed by atoms with van der Waals surface area (Å²) in [5, 5.41) is 7.70. The zero-order valence-electron chi connectivity index (χ0n) is 13.3. The zero-order chi connectivity index (χ0) is 14.9. The van der Waals surface area contributed by atoms with Crippen LogP contribution in [0.25, 0.3) is 0 Å². The number of ether oxygens (including phenoxy) is 1. The Morgan fingerprint density at radius 2 is 2.18 bits per heavy atom. The van der Waals surface area contributed by atoms with Gasteiger partial charge in [0.1, 0.15) is 5.01 Å². The van der Waals surface area contributed by atoms with E-state index in [1.165, 1.54) is 4.88 Å². The molecule has 1 saturated heterocycles. The fourth-order valence-electron chi connectivity index (χ4n) is 2.12. The van der Waals surface area contributed by atoms with Gasteiger partial charge in [-0.3, -0.25) is 4.90 Å². The van der Waals surface area contributed by atoms with Crippen LogP contribution in [0.3, 0.4) is 0 Å². The average molecular weight is 439 g/mol. The van der Waals surface area contributed by atoms with E-state index in [4.69, 9.17) is 4.74 Å². The Hall–Kier alpha value is -0.450. The standard InChI is InChI=1S/C14H25N5OS.HI/c1-3-15-14(18-11-13-17-10-12(2)21-13)16-4-5-19-6-8-20-9-7-19;/h10H,3-9,11H2,1-2H3,(H2,15,16,18);1H. The predicted molar refractivity (Wildman–Crippen MR) is 102 cm³/mol. The molecule has 0 spiro atoms. The molecule has 1 aliphatic rings. The first-order valence-corrected chi connectivity index (χ1v) is 8.33.